The summed E-state index contributed by atoms with van der Waals surface area (Å²) >= 11 is 0. The molecule has 3 atom stereocenters. The van der Waals surface area contributed by atoms with Gasteiger partial charge >= 0.3 is 5.97 Å². The Balaban J connectivity index is 2.73. The maximum absolute atomic E-state index is 11.3. The lowest BCUT2D eigenvalue weighted by Crippen LogP contribution is -2.49. The van der Waals surface area contributed by atoms with Crippen LogP contribution in [-0.4, -0.2) is 57.1 Å². The average Bonchev–Trinajstić information content (AvgIpc) is 2.41. The molecule has 0 aliphatic carbocycles. The molecule has 0 amide bonds. The normalized spacial score (nSPS) is 24.9. The molecule has 3 unspecified atom stereocenters. The summed E-state index contributed by atoms with van der Waals surface area (Å²) in [6.07, 6.45) is 7.39. The zero-order chi connectivity index (χ0) is 15.0. The molecule has 1 aliphatic rings. The van der Waals surface area contributed by atoms with Crippen molar-refractivity contribution in [3.05, 3.63) is 0 Å². The Morgan fingerprint density at radius 2 is 2.30 bits per heavy atom. The molecule has 0 N–H and O–H groups in total. The van der Waals surface area contributed by atoms with Crippen molar-refractivity contribution < 1.29 is 19.0 Å². The van der Waals surface area contributed by atoms with Gasteiger partial charge in [0.1, 0.15) is 12.9 Å². The Kier molecular flexibility index (Phi) is 7.60. The van der Waals surface area contributed by atoms with Crippen molar-refractivity contribution in [3.63, 3.8) is 0 Å². The second-order valence-corrected chi connectivity index (χ2v) is 5.22. The maximum atomic E-state index is 11.3. The lowest BCUT2D eigenvalue weighted by Gasteiger charge is -2.39. The molecule has 0 aromatic rings. The standard InChI is InChI=1S/C15H25NO4/c1-5-6-7-14(19-11-18-4)13-10-16(3)9-8-15(13)20-12(2)17/h1,13-15H,6-11H2,2-4H3. The summed E-state index contributed by atoms with van der Waals surface area (Å²) in [7, 11) is 3.65. The van der Waals surface area contributed by atoms with Crippen LogP contribution in [0.2, 0.25) is 0 Å². The number of hydrogen-bond donors (Lipinski definition) is 0. The van der Waals surface area contributed by atoms with E-state index in [4.69, 9.17) is 20.6 Å². The summed E-state index contributed by atoms with van der Waals surface area (Å²) in [5, 5.41) is 0. The van der Waals surface area contributed by atoms with E-state index in [1.165, 1.54) is 6.92 Å². The number of methoxy groups -OCH3 is 1. The van der Waals surface area contributed by atoms with E-state index in [2.05, 4.69) is 17.9 Å². The topological polar surface area (TPSA) is 48.0 Å². The predicted molar refractivity (Wildman–Crippen MR) is 76.0 cm³/mol. The van der Waals surface area contributed by atoms with Crippen molar-refractivity contribution in [1.29, 1.82) is 0 Å². The first kappa shape index (κ1) is 17.0. The van der Waals surface area contributed by atoms with Gasteiger partial charge in [-0.3, -0.25) is 4.79 Å². The lowest BCUT2D eigenvalue weighted by atomic mass is 9.87. The number of carbonyl (C=O) groups excluding carboxylic acids is 1. The van der Waals surface area contributed by atoms with Gasteiger partial charge in [0.05, 0.1) is 6.10 Å². The van der Waals surface area contributed by atoms with Crippen LogP contribution in [0.15, 0.2) is 0 Å². The number of carbonyl (C=O) groups is 1. The van der Waals surface area contributed by atoms with Gasteiger partial charge in [-0.1, -0.05) is 0 Å². The number of likely N-dealkylation sites (tertiary alicyclic amines) is 1. The number of hydrogen-bond acceptors (Lipinski definition) is 5. The maximum Gasteiger partial charge on any atom is 0.302 e. The monoisotopic (exact) mass is 283 g/mol. The van der Waals surface area contributed by atoms with Gasteiger partial charge in [0.2, 0.25) is 0 Å². The fourth-order valence-corrected chi connectivity index (χ4v) is 2.65. The molecule has 1 fully saturated rings. The van der Waals surface area contributed by atoms with E-state index in [1.54, 1.807) is 7.11 Å². The first-order valence-electron chi connectivity index (χ1n) is 6.98. The van der Waals surface area contributed by atoms with Gasteiger partial charge in [0, 0.05) is 39.5 Å². The molecule has 1 heterocycles. The van der Waals surface area contributed by atoms with Gasteiger partial charge in [-0.15, -0.1) is 12.3 Å². The molecule has 0 bridgehead atoms. The number of esters is 1. The summed E-state index contributed by atoms with van der Waals surface area (Å²) in [6, 6.07) is 0. The van der Waals surface area contributed by atoms with E-state index in [-0.39, 0.29) is 30.9 Å². The third-order valence-electron chi connectivity index (χ3n) is 3.56. The molecule has 1 saturated heterocycles. The molecule has 114 valence electrons. The van der Waals surface area contributed by atoms with E-state index in [0.717, 1.165) is 25.9 Å². The van der Waals surface area contributed by atoms with Crippen LogP contribution in [0.1, 0.15) is 26.2 Å². The Morgan fingerprint density at radius 3 is 2.90 bits per heavy atom. The van der Waals surface area contributed by atoms with Crippen LogP contribution in [-0.2, 0) is 19.0 Å². The highest BCUT2D eigenvalue weighted by molar-refractivity contribution is 5.66. The first-order valence-corrected chi connectivity index (χ1v) is 6.98. The fourth-order valence-electron chi connectivity index (χ4n) is 2.65. The van der Waals surface area contributed by atoms with E-state index < -0.39 is 0 Å². The largest absolute Gasteiger partial charge is 0.462 e. The molecule has 1 rings (SSSR count). The quantitative estimate of drug-likeness (QED) is 0.400. The van der Waals surface area contributed by atoms with Crippen molar-refractivity contribution in [2.75, 3.05) is 34.0 Å². The minimum atomic E-state index is -0.244. The van der Waals surface area contributed by atoms with E-state index in [1.807, 2.05) is 0 Å². The van der Waals surface area contributed by atoms with Crippen molar-refractivity contribution in [1.82, 2.24) is 4.90 Å². The van der Waals surface area contributed by atoms with E-state index in [9.17, 15) is 4.79 Å². The molecule has 5 heteroatoms. The summed E-state index contributed by atoms with van der Waals surface area (Å²) in [5.74, 6) is 2.52. The van der Waals surface area contributed by atoms with Gasteiger partial charge in [-0.25, -0.2) is 0 Å². The molecule has 0 saturated carbocycles. The highest BCUT2D eigenvalue weighted by Gasteiger charge is 2.36. The van der Waals surface area contributed by atoms with Crippen LogP contribution >= 0.6 is 0 Å². The molecule has 0 spiro atoms. The molecule has 0 aromatic carbocycles. The zero-order valence-corrected chi connectivity index (χ0v) is 12.6. The third kappa shape index (κ3) is 5.49. The minimum absolute atomic E-state index is 0.0573. The lowest BCUT2D eigenvalue weighted by molar-refractivity contribution is -0.163. The average molecular weight is 283 g/mol. The second kappa shape index (κ2) is 8.96. The molecule has 1 aliphatic heterocycles. The molecular weight excluding hydrogens is 258 g/mol. The van der Waals surface area contributed by atoms with Crippen molar-refractivity contribution >= 4 is 5.97 Å². The van der Waals surface area contributed by atoms with Crippen LogP contribution in [0.25, 0.3) is 0 Å². The van der Waals surface area contributed by atoms with Crippen LogP contribution in [0.3, 0.4) is 0 Å². The third-order valence-corrected chi connectivity index (χ3v) is 3.56. The highest BCUT2D eigenvalue weighted by Crippen LogP contribution is 2.27. The second-order valence-electron chi connectivity index (χ2n) is 5.22. The van der Waals surface area contributed by atoms with Crippen molar-refractivity contribution in [2.24, 2.45) is 5.92 Å². The SMILES string of the molecule is C#CCCC(OCOC)C1CN(C)CCC1OC(C)=O. The van der Waals surface area contributed by atoms with Gasteiger partial charge in [-0.05, 0) is 19.9 Å². The van der Waals surface area contributed by atoms with Gasteiger partial charge in [-0.2, -0.15) is 0 Å². The summed E-state index contributed by atoms with van der Waals surface area (Å²) < 4.78 is 16.2. The van der Waals surface area contributed by atoms with Crippen LogP contribution in [0.5, 0.6) is 0 Å². The number of terminal acetylenes is 1. The molecule has 0 aromatic heterocycles. The smallest absolute Gasteiger partial charge is 0.302 e. The fraction of sp³-hybridized carbons (Fsp3) is 0.800. The first-order chi connectivity index (χ1) is 9.58. The number of ether oxygens (including phenoxy) is 3. The van der Waals surface area contributed by atoms with E-state index >= 15 is 0 Å². The summed E-state index contributed by atoms with van der Waals surface area (Å²) in [4.78, 5) is 13.5. The van der Waals surface area contributed by atoms with Gasteiger partial charge in [0.15, 0.2) is 0 Å². The predicted octanol–water partition coefficient (Wildman–Crippen LogP) is 1.27. The molecule has 5 nitrogen and oxygen atoms in total. The summed E-state index contributed by atoms with van der Waals surface area (Å²) in [5.41, 5.74) is 0. The van der Waals surface area contributed by atoms with Gasteiger partial charge < -0.3 is 19.1 Å². The highest BCUT2D eigenvalue weighted by atomic mass is 16.7. The number of rotatable bonds is 7. The van der Waals surface area contributed by atoms with Crippen molar-refractivity contribution in [3.8, 4) is 12.3 Å². The van der Waals surface area contributed by atoms with Crippen LogP contribution < -0.4 is 0 Å². The number of nitrogens with zero attached hydrogens (tertiary/aromatic N) is 1. The van der Waals surface area contributed by atoms with Crippen molar-refractivity contribution in [2.45, 2.75) is 38.4 Å². The molecular formula is C15H25NO4. The van der Waals surface area contributed by atoms with Crippen LogP contribution in [0.4, 0.5) is 0 Å². The Morgan fingerprint density at radius 1 is 1.55 bits per heavy atom. The van der Waals surface area contributed by atoms with Crippen LogP contribution in [0, 0.1) is 18.3 Å². The molecule has 20 heavy (non-hydrogen) atoms. The minimum Gasteiger partial charge on any atom is -0.462 e. The Labute approximate surface area is 121 Å². The Hall–Kier alpha value is -1.09. The summed E-state index contributed by atoms with van der Waals surface area (Å²) in [6.45, 7) is 3.42. The van der Waals surface area contributed by atoms with Gasteiger partial charge in [0.25, 0.3) is 0 Å². The zero-order valence-electron chi connectivity index (χ0n) is 12.6. The Bertz CT molecular complexity index is 339. The number of piperidine rings is 1. The molecule has 0 radical (unpaired) electrons. The van der Waals surface area contributed by atoms with E-state index in [0.29, 0.717) is 6.42 Å².